The van der Waals surface area contributed by atoms with Gasteiger partial charge in [0.25, 0.3) is 0 Å². The maximum atomic E-state index is 12.7. The van der Waals surface area contributed by atoms with Crippen molar-refractivity contribution in [2.45, 2.75) is 19.6 Å². The van der Waals surface area contributed by atoms with Crippen LogP contribution in [0.1, 0.15) is 11.4 Å². The second-order valence-electron chi connectivity index (χ2n) is 3.63. The molecule has 0 bridgehead atoms. The average Bonchev–Trinajstić information content (AvgIpc) is 2.69. The molecule has 17 heavy (non-hydrogen) atoms. The van der Waals surface area contributed by atoms with Gasteiger partial charge in [0.1, 0.15) is 12.4 Å². The minimum atomic E-state index is -0.246. The van der Waals surface area contributed by atoms with Crippen LogP contribution in [0.3, 0.4) is 0 Å². The Morgan fingerprint density at radius 3 is 2.71 bits per heavy atom. The molecule has 0 unspecified atom stereocenters. The smallest absolute Gasteiger partial charge is 0.195 e. The Morgan fingerprint density at radius 2 is 2.06 bits per heavy atom. The van der Waals surface area contributed by atoms with Crippen LogP contribution in [0.15, 0.2) is 24.3 Å². The van der Waals surface area contributed by atoms with Crippen LogP contribution in [-0.4, -0.2) is 19.9 Å². The van der Waals surface area contributed by atoms with Gasteiger partial charge in [0.05, 0.1) is 0 Å². The molecule has 0 fully saturated rings. The van der Waals surface area contributed by atoms with Gasteiger partial charge in [-0.25, -0.2) is 4.39 Å². The van der Waals surface area contributed by atoms with E-state index in [0.29, 0.717) is 23.6 Å². The van der Waals surface area contributed by atoms with Crippen LogP contribution >= 0.6 is 12.2 Å². The summed E-state index contributed by atoms with van der Waals surface area (Å²) in [6.07, 6.45) is 0.709. The maximum Gasteiger partial charge on any atom is 0.195 e. The van der Waals surface area contributed by atoms with E-state index in [1.165, 1.54) is 12.1 Å². The summed E-state index contributed by atoms with van der Waals surface area (Å²) in [5.74, 6) is 0.266. The van der Waals surface area contributed by atoms with E-state index in [1.54, 1.807) is 16.7 Å². The maximum absolute atomic E-state index is 12.7. The molecule has 1 aromatic heterocycles. The first-order valence-corrected chi connectivity index (χ1v) is 5.61. The van der Waals surface area contributed by atoms with E-state index in [2.05, 4.69) is 10.2 Å². The van der Waals surface area contributed by atoms with Crippen molar-refractivity contribution in [2.75, 3.05) is 0 Å². The van der Waals surface area contributed by atoms with Crippen LogP contribution < -0.4 is 0 Å². The molecule has 1 heterocycles. The fraction of sp³-hybridized carbons (Fsp3) is 0.273. The second-order valence-corrected chi connectivity index (χ2v) is 4.02. The average molecular weight is 253 g/mol. The Labute approximate surface area is 103 Å². The molecular weight excluding hydrogens is 241 g/mol. The van der Waals surface area contributed by atoms with Gasteiger partial charge in [0.2, 0.25) is 0 Å². The van der Waals surface area contributed by atoms with Crippen molar-refractivity contribution in [3.63, 3.8) is 0 Å². The number of aliphatic hydroxyl groups excluding tert-OH is 1. The summed E-state index contributed by atoms with van der Waals surface area (Å²) in [6, 6.07) is 6.32. The van der Waals surface area contributed by atoms with Crippen LogP contribution in [0.25, 0.3) is 0 Å². The standard InChI is InChI=1S/C11H12FN3OS/c12-9-3-1-8(2-4-9)5-6-15-10(7-16)13-14-11(15)17/h1-4,16H,5-7H2,(H,14,17). The van der Waals surface area contributed by atoms with Crippen LogP contribution in [0.2, 0.25) is 0 Å². The van der Waals surface area contributed by atoms with Gasteiger partial charge in [-0.2, -0.15) is 5.10 Å². The Bertz CT molecular complexity index is 547. The Hall–Kier alpha value is -1.53. The first kappa shape index (κ1) is 11.9. The third kappa shape index (κ3) is 2.78. The Kier molecular flexibility index (Phi) is 3.65. The van der Waals surface area contributed by atoms with E-state index in [1.807, 2.05) is 0 Å². The van der Waals surface area contributed by atoms with Gasteiger partial charge in [0, 0.05) is 6.54 Å². The number of aromatic nitrogens is 3. The summed E-state index contributed by atoms with van der Waals surface area (Å²) in [6.45, 7) is 0.452. The Balaban J connectivity index is 2.09. The topological polar surface area (TPSA) is 53.8 Å². The highest BCUT2D eigenvalue weighted by Gasteiger charge is 2.04. The van der Waals surface area contributed by atoms with E-state index < -0.39 is 0 Å². The van der Waals surface area contributed by atoms with Crippen molar-refractivity contribution in [3.05, 3.63) is 46.2 Å². The summed E-state index contributed by atoms with van der Waals surface area (Å²) in [4.78, 5) is 0. The number of aliphatic hydroxyl groups is 1. The summed E-state index contributed by atoms with van der Waals surface area (Å²) in [5.41, 5.74) is 1.01. The van der Waals surface area contributed by atoms with E-state index >= 15 is 0 Å². The minimum absolute atomic E-state index is 0.156. The number of rotatable bonds is 4. The van der Waals surface area contributed by atoms with Crippen LogP contribution in [-0.2, 0) is 19.6 Å². The molecule has 4 nitrogen and oxygen atoms in total. The molecule has 0 amide bonds. The van der Waals surface area contributed by atoms with Crippen molar-refractivity contribution in [3.8, 4) is 0 Å². The zero-order valence-corrected chi connectivity index (χ0v) is 9.88. The van der Waals surface area contributed by atoms with E-state index in [9.17, 15) is 4.39 Å². The van der Waals surface area contributed by atoms with Crippen molar-refractivity contribution < 1.29 is 9.50 Å². The van der Waals surface area contributed by atoms with Crippen molar-refractivity contribution in [1.29, 1.82) is 0 Å². The fourth-order valence-electron chi connectivity index (χ4n) is 1.59. The highest BCUT2D eigenvalue weighted by atomic mass is 32.1. The normalized spacial score (nSPS) is 10.7. The molecule has 1 aromatic carbocycles. The molecule has 2 N–H and O–H groups in total. The quantitative estimate of drug-likeness (QED) is 0.817. The van der Waals surface area contributed by atoms with Gasteiger partial charge in [-0.15, -0.1) is 0 Å². The number of aryl methyl sites for hydroxylation is 1. The Morgan fingerprint density at radius 1 is 1.35 bits per heavy atom. The molecule has 90 valence electrons. The zero-order valence-electron chi connectivity index (χ0n) is 9.06. The van der Waals surface area contributed by atoms with Gasteiger partial charge in [0.15, 0.2) is 10.6 Å². The summed E-state index contributed by atoms with van der Waals surface area (Å²) < 4.78 is 14.9. The lowest BCUT2D eigenvalue weighted by molar-refractivity contribution is 0.264. The van der Waals surface area contributed by atoms with E-state index in [0.717, 1.165) is 5.56 Å². The SMILES string of the molecule is OCc1n[nH]c(=S)n1CCc1ccc(F)cc1. The molecule has 2 aromatic rings. The number of halogens is 1. The summed E-state index contributed by atoms with van der Waals surface area (Å²) in [5, 5.41) is 15.6. The van der Waals surface area contributed by atoms with Crippen molar-refractivity contribution in [2.24, 2.45) is 0 Å². The summed E-state index contributed by atoms with van der Waals surface area (Å²) >= 11 is 5.05. The molecule has 6 heteroatoms. The van der Waals surface area contributed by atoms with Gasteiger partial charge in [-0.1, -0.05) is 12.1 Å². The number of hydrogen-bond donors (Lipinski definition) is 2. The molecule has 0 spiro atoms. The molecule has 0 atom stereocenters. The number of aromatic amines is 1. The van der Waals surface area contributed by atoms with Gasteiger partial charge in [-0.3, -0.25) is 5.10 Å². The molecule has 0 saturated heterocycles. The monoisotopic (exact) mass is 253 g/mol. The first-order valence-electron chi connectivity index (χ1n) is 5.20. The van der Waals surface area contributed by atoms with Gasteiger partial charge >= 0.3 is 0 Å². The lowest BCUT2D eigenvalue weighted by atomic mass is 10.1. The van der Waals surface area contributed by atoms with E-state index in [-0.39, 0.29) is 12.4 Å². The number of nitrogens with zero attached hydrogens (tertiary/aromatic N) is 2. The van der Waals surface area contributed by atoms with Crippen LogP contribution in [0.4, 0.5) is 4.39 Å². The van der Waals surface area contributed by atoms with Crippen LogP contribution in [0, 0.1) is 10.6 Å². The zero-order chi connectivity index (χ0) is 12.3. The van der Waals surface area contributed by atoms with E-state index in [4.69, 9.17) is 17.3 Å². The van der Waals surface area contributed by atoms with Crippen LogP contribution in [0.5, 0.6) is 0 Å². The second kappa shape index (κ2) is 5.20. The number of hydrogen-bond acceptors (Lipinski definition) is 3. The molecule has 0 aliphatic heterocycles. The highest BCUT2D eigenvalue weighted by molar-refractivity contribution is 7.71. The third-order valence-corrected chi connectivity index (χ3v) is 2.83. The predicted molar refractivity (Wildman–Crippen MR) is 63.4 cm³/mol. The predicted octanol–water partition coefficient (Wildman–Crippen LogP) is 1.81. The van der Waals surface area contributed by atoms with Gasteiger partial charge < -0.3 is 9.67 Å². The lowest BCUT2D eigenvalue weighted by Crippen LogP contribution is -2.06. The molecular formula is C11H12FN3OS. The van der Waals surface area contributed by atoms with Crippen molar-refractivity contribution in [1.82, 2.24) is 14.8 Å². The fourth-order valence-corrected chi connectivity index (χ4v) is 1.84. The number of H-pyrrole nitrogens is 1. The third-order valence-electron chi connectivity index (χ3n) is 2.52. The largest absolute Gasteiger partial charge is 0.388 e. The molecule has 0 radical (unpaired) electrons. The molecule has 0 saturated carbocycles. The summed E-state index contributed by atoms with van der Waals surface area (Å²) in [7, 11) is 0. The molecule has 0 aliphatic carbocycles. The van der Waals surface area contributed by atoms with Gasteiger partial charge in [-0.05, 0) is 36.3 Å². The lowest BCUT2D eigenvalue weighted by Gasteiger charge is -2.05. The molecule has 0 aliphatic rings. The van der Waals surface area contributed by atoms with Crippen molar-refractivity contribution >= 4 is 12.2 Å². The molecule has 2 rings (SSSR count). The number of benzene rings is 1. The first-order chi connectivity index (χ1) is 8.20. The highest BCUT2D eigenvalue weighted by Crippen LogP contribution is 2.06. The minimum Gasteiger partial charge on any atom is -0.388 e. The number of nitrogens with one attached hydrogen (secondary N) is 1.